The van der Waals surface area contributed by atoms with Crippen LogP contribution in [0.15, 0.2) is 0 Å². The van der Waals surface area contributed by atoms with Crippen molar-refractivity contribution in [2.24, 2.45) is 0 Å². The molecule has 1 rings (SSSR count). The van der Waals surface area contributed by atoms with Crippen LogP contribution in [-0.2, 0) is 14.2 Å². The molecule has 0 saturated carbocycles. The molecule has 0 aromatic carbocycles. The van der Waals surface area contributed by atoms with E-state index in [0.29, 0.717) is 25.9 Å². The molecule has 0 amide bonds. The number of hydrogen-bond donors (Lipinski definition) is 1. The highest BCUT2D eigenvalue weighted by Gasteiger charge is 2.13. The zero-order chi connectivity index (χ0) is 9.36. The van der Waals surface area contributed by atoms with Gasteiger partial charge in [0.25, 0.3) is 0 Å². The van der Waals surface area contributed by atoms with E-state index in [0.717, 1.165) is 31.8 Å². The van der Waals surface area contributed by atoms with Gasteiger partial charge in [0.1, 0.15) is 0 Å². The topological polar surface area (TPSA) is 27.7 Å². The Kier molecular flexibility index (Phi) is 6.62. The Morgan fingerprint density at radius 3 is 2.62 bits per heavy atom. The van der Waals surface area contributed by atoms with Gasteiger partial charge in [0.2, 0.25) is 0 Å². The van der Waals surface area contributed by atoms with Crippen molar-refractivity contribution in [2.75, 3.05) is 38.8 Å². The third-order valence-corrected chi connectivity index (χ3v) is 2.17. The molecule has 1 aliphatic rings. The fraction of sp³-hybridized carbons (Fsp3) is 1.00. The predicted molar refractivity (Wildman–Crippen MR) is 54.5 cm³/mol. The molecule has 0 bridgehead atoms. The zero-order valence-corrected chi connectivity index (χ0v) is 8.80. The molecule has 78 valence electrons. The summed E-state index contributed by atoms with van der Waals surface area (Å²) in [6, 6.07) is 0. The fourth-order valence-corrected chi connectivity index (χ4v) is 1.41. The van der Waals surface area contributed by atoms with Gasteiger partial charge in [0.15, 0.2) is 0 Å². The average Bonchev–Trinajstić information content (AvgIpc) is 2.19. The second-order valence-electron chi connectivity index (χ2n) is 3.02. The van der Waals surface area contributed by atoms with Gasteiger partial charge in [-0.3, -0.25) is 0 Å². The molecule has 1 saturated heterocycles. The van der Waals surface area contributed by atoms with E-state index in [2.05, 4.69) is 12.6 Å². The lowest BCUT2D eigenvalue weighted by Crippen LogP contribution is -2.24. The summed E-state index contributed by atoms with van der Waals surface area (Å²) in [5, 5.41) is 0. The SMILES string of the molecule is SCCOCCOC1CCOCC1. The number of rotatable bonds is 6. The molecule has 13 heavy (non-hydrogen) atoms. The van der Waals surface area contributed by atoms with Crippen LogP contribution in [0.1, 0.15) is 12.8 Å². The molecule has 4 heteroatoms. The van der Waals surface area contributed by atoms with E-state index >= 15 is 0 Å². The monoisotopic (exact) mass is 206 g/mol. The van der Waals surface area contributed by atoms with Crippen LogP contribution in [-0.4, -0.2) is 44.9 Å². The highest BCUT2D eigenvalue weighted by atomic mass is 32.1. The van der Waals surface area contributed by atoms with Crippen molar-refractivity contribution >= 4 is 12.6 Å². The summed E-state index contributed by atoms with van der Waals surface area (Å²) >= 11 is 4.04. The lowest BCUT2D eigenvalue weighted by molar-refractivity contribution is -0.0481. The summed E-state index contributed by atoms with van der Waals surface area (Å²) in [5.41, 5.74) is 0. The largest absolute Gasteiger partial charge is 0.381 e. The van der Waals surface area contributed by atoms with E-state index in [-0.39, 0.29) is 0 Å². The minimum atomic E-state index is 0.383. The molecular weight excluding hydrogens is 188 g/mol. The summed E-state index contributed by atoms with van der Waals surface area (Å²) in [6.07, 6.45) is 2.42. The van der Waals surface area contributed by atoms with Gasteiger partial charge in [-0.05, 0) is 12.8 Å². The minimum Gasteiger partial charge on any atom is -0.381 e. The standard InChI is InChI=1S/C9H18O3S/c13-8-7-11-5-6-12-9-1-3-10-4-2-9/h9,13H,1-8H2. The average molecular weight is 206 g/mol. The first-order chi connectivity index (χ1) is 6.43. The molecule has 1 aliphatic heterocycles. The second-order valence-corrected chi connectivity index (χ2v) is 3.47. The van der Waals surface area contributed by atoms with Gasteiger partial charge in [0, 0.05) is 19.0 Å². The van der Waals surface area contributed by atoms with E-state index in [9.17, 15) is 0 Å². The Morgan fingerprint density at radius 2 is 1.92 bits per heavy atom. The predicted octanol–water partition coefficient (Wildman–Crippen LogP) is 1.13. The van der Waals surface area contributed by atoms with Crippen LogP contribution in [0.5, 0.6) is 0 Å². The molecule has 1 fully saturated rings. The van der Waals surface area contributed by atoms with E-state index in [1.54, 1.807) is 0 Å². The van der Waals surface area contributed by atoms with Crippen molar-refractivity contribution in [1.82, 2.24) is 0 Å². The normalized spacial score (nSPS) is 19.2. The van der Waals surface area contributed by atoms with Gasteiger partial charge >= 0.3 is 0 Å². The number of thiol groups is 1. The maximum absolute atomic E-state index is 5.60. The Balaban J connectivity index is 1.86. The van der Waals surface area contributed by atoms with Crippen LogP contribution in [0.3, 0.4) is 0 Å². The lowest BCUT2D eigenvalue weighted by Gasteiger charge is -2.22. The van der Waals surface area contributed by atoms with Gasteiger partial charge in [-0.1, -0.05) is 0 Å². The first kappa shape index (κ1) is 11.3. The quantitative estimate of drug-likeness (QED) is 0.521. The Labute approximate surface area is 85.1 Å². The molecule has 0 aromatic rings. The molecule has 0 aliphatic carbocycles. The third-order valence-electron chi connectivity index (χ3n) is 1.99. The molecule has 0 atom stereocenters. The van der Waals surface area contributed by atoms with Gasteiger partial charge in [-0.15, -0.1) is 0 Å². The maximum Gasteiger partial charge on any atom is 0.0704 e. The molecule has 3 nitrogen and oxygen atoms in total. The van der Waals surface area contributed by atoms with Crippen molar-refractivity contribution in [2.45, 2.75) is 18.9 Å². The molecular formula is C9H18O3S. The van der Waals surface area contributed by atoms with E-state index in [1.807, 2.05) is 0 Å². The first-order valence-electron chi connectivity index (χ1n) is 4.81. The lowest BCUT2D eigenvalue weighted by atomic mass is 10.2. The molecule has 0 N–H and O–H groups in total. The summed E-state index contributed by atoms with van der Waals surface area (Å²) in [4.78, 5) is 0. The van der Waals surface area contributed by atoms with E-state index in [1.165, 1.54) is 0 Å². The van der Waals surface area contributed by atoms with Gasteiger partial charge in [0.05, 0.1) is 25.9 Å². The van der Waals surface area contributed by atoms with E-state index < -0.39 is 0 Å². The van der Waals surface area contributed by atoms with Crippen LogP contribution in [0.2, 0.25) is 0 Å². The van der Waals surface area contributed by atoms with Crippen molar-refractivity contribution in [3.63, 3.8) is 0 Å². The smallest absolute Gasteiger partial charge is 0.0704 e. The van der Waals surface area contributed by atoms with Crippen molar-refractivity contribution in [1.29, 1.82) is 0 Å². The molecule has 1 heterocycles. The van der Waals surface area contributed by atoms with E-state index in [4.69, 9.17) is 14.2 Å². The molecule has 0 unspecified atom stereocenters. The highest BCUT2D eigenvalue weighted by Crippen LogP contribution is 2.09. The highest BCUT2D eigenvalue weighted by molar-refractivity contribution is 7.80. The molecule has 0 aromatic heterocycles. The number of hydrogen-bond acceptors (Lipinski definition) is 4. The van der Waals surface area contributed by atoms with Crippen LogP contribution >= 0.6 is 12.6 Å². The Morgan fingerprint density at radius 1 is 1.15 bits per heavy atom. The van der Waals surface area contributed by atoms with Crippen LogP contribution in [0.4, 0.5) is 0 Å². The van der Waals surface area contributed by atoms with Gasteiger partial charge < -0.3 is 14.2 Å². The summed E-state index contributed by atoms with van der Waals surface area (Å²) in [5.74, 6) is 0.775. The Hall–Kier alpha value is 0.230. The fourth-order valence-electron chi connectivity index (χ4n) is 1.28. The first-order valence-corrected chi connectivity index (χ1v) is 5.44. The molecule has 0 spiro atoms. The van der Waals surface area contributed by atoms with Crippen molar-refractivity contribution in [3.8, 4) is 0 Å². The third kappa shape index (κ3) is 5.52. The Bertz CT molecular complexity index is 115. The molecule has 0 radical (unpaired) electrons. The zero-order valence-electron chi connectivity index (χ0n) is 7.91. The van der Waals surface area contributed by atoms with Gasteiger partial charge in [-0.25, -0.2) is 0 Å². The van der Waals surface area contributed by atoms with Crippen LogP contribution in [0, 0.1) is 0 Å². The maximum atomic E-state index is 5.60. The summed E-state index contributed by atoms with van der Waals surface area (Å²) in [7, 11) is 0. The minimum absolute atomic E-state index is 0.383. The van der Waals surface area contributed by atoms with Crippen molar-refractivity contribution in [3.05, 3.63) is 0 Å². The summed E-state index contributed by atoms with van der Waals surface area (Å²) < 4.78 is 16.1. The second kappa shape index (κ2) is 7.62. The number of ether oxygens (including phenoxy) is 3. The van der Waals surface area contributed by atoms with Crippen molar-refractivity contribution < 1.29 is 14.2 Å². The summed E-state index contributed by atoms with van der Waals surface area (Å²) in [6.45, 7) is 3.75. The van der Waals surface area contributed by atoms with Crippen LogP contribution in [0.25, 0.3) is 0 Å². The van der Waals surface area contributed by atoms with Crippen LogP contribution < -0.4 is 0 Å². The van der Waals surface area contributed by atoms with Gasteiger partial charge in [-0.2, -0.15) is 12.6 Å².